The number of hydrogen-bond donors (Lipinski definition) is 1. The third kappa shape index (κ3) is 3.32. The maximum atomic E-state index is 11.9. The average molecular weight is 240 g/mol. The van der Waals surface area contributed by atoms with Crippen molar-refractivity contribution in [3.63, 3.8) is 0 Å². The van der Waals surface area contributed by atoms with Crippen molar-refractivity contribution >= 4 is 17.2 Å². The molecule has 0 aliphatic carbocycles. The van der Waals surface area contributed by atoms with Gasteiger partial charge >= 0.3 is 0 Å². The summed E-state index contributed by atoms with van der Waals surface area (Å²) in [5, 5.41) is 0. The fourth-order valence-corrected chi connectivity index (χ4v) is 2.40. The van der Waals surface area contributed by atoms with Crippen molar-refractivity contribution in [2.45, 2.75) is 33.4 Å². The van der Waals surface area contributed by atoms with Gasteiger partial charge in [0.05, 0.1) is 12.5 Å². The van der Waals surface area contributed by atoms with Crippen LogP contribution in [0.1, 0.15) is 23.6 Å². The Morgan fingerprint density at radius 1 is 1.50 bits per heavy atom. The molecule has 0 saturated carbocycles. The van der Waals surface area contributed by atoms with Gasteiger partial charge in [-0.2, -0.15) is 0 Å². The smallest absolute Gasteiger partial charge is 0.227 e. The summed E-state index contributed by atoms with van der Waals surface area (Å²) in [5.74, 6) is -0.00730. The number of amides is 1. The zero-order valence-corrected chi connectivity index (χ0v) is 11.2. The summed E-state index contributed by atoms with van der Waals surface area (Å²) in [6.07, 6.45) is 0. The van der Waals surface area contributed by atoms with E-state index in [0.29, 0.717) is 6.54 Å². The third-order valence-electron chi connectivity index (χ3n) is 2.74. The molecule has 0 fully saturated rings. The van der Waals surface area contributed by atoms with Crippen molar-refractivity contribution in [1.29, 1.82) is 0 Å². The molecule has 0 bridgehead atoms. The van der Waals surface area contributed by atoms with E-state index in [1.807, 2.05) is 20.9 Å². The second-order valence-electron chi connectivity index (χ2n) is 4.35. The Hall–Kier alpha value is -0.870. The minimum atomic E-state index is -0.119. The van der Waals surface area contributed by atoms with E-state index >= 15 is 0 Å². The molecule has 1 rings (SSSR count). The highest BCUT2D eigenvalue weighted by atomic mass is 32.1. The van der Waals surface area contributed by atoms with Gasteiger partial charge in [0.25, 0.3) is 0 Å². The van der Waals surface area contributed by atoms with Crippen LogP contribution in [0.15, 0.2) is 12.1 Å². The molecule has 1 amide bonds. The number of hydrogen-bond acceptors (Lipinski definition) is 3. The van der Waals surface area contributed by atoms with Crippen LogP contribution in [0.2, 0.25) is 0 Å². The fraction of sp³-hybridized carbons (Fsp3) is 0.583. The van der Waals surface area contributed by atoms with Crippen molar-refractivity contribution in [3.05, 3.63) is 21.9 Å². The van der Waals surface area contributed by atoms with Gasteiger partial charge in [-0.3, -0.25) is 4.79 Å². The van der Waals surface area contributed by atoms with Gasteiger partial charge in [-0.15, -0.1) is 11.3 Å². The van der Waals surface area contributed by atoms with E-state index in [1.54, 1.807) is 16.2 Å². The zero-order valence-electron chi connectivity index (χ0n) is 10.4. The van der Waals surface area contributed by atoms with Gasteiger partial charge < -0.3 is 10.6 Å². The van der Waals surface area contributed by atoms with Crippen LogP contribution in [0.3, 0.4) is 0 Å². The molecule has 2 atom stereocenters. The van der Waals surface area contributed by atoms with Gasteiger partial charge in [0, 0.05) is 22.8 Å². The van der Waals surface area contributed by atoms with Gasteiger partial charge in [0.1, 0.15) is 0 Å². The number of carbonyl (C=O) groups excluding carboxylic acids is 1. The van der Waals surface area contributed by atoms with Crippen molar-refractivity contribution < 1.29 is 4.79 Å². The predicted molar refractivity (Wildman–Crippen MR) is 68.3 cm³/mol. The molecule has 0 saturated heterocycles. The molecule has 0 spiro atoms. The molecule has 2 unspecified atom stereocenters. The Labute approximate surface area is 101 Å². The van der Waals surface area contributed by atoms with Gasteiger partial charge in [-0.25, -0.2) is 0 Å². The maximum absolute atomic E-state index is 11.9. The van der Waals surface area contributed by atoms with Crippen LogP contribution in [0.5, 0.6) is 0 Å². The molecule has 90 valence electrons. The van der Waals surface area contributed by atoms with Crippen LogP contribution in [-0.2, 0) is 11.3 Å². The van der Waals surface area contributed by atoms with Gasteiger partial charge in [0.2, 0.25) is 5.91 Å². The first-order valence-corrected chi connectivity index (χ1v) is 6.29. The zero-order chi connectivity index (χ0) is 12.3. The summed E-state index contributed by atoms with van der Waals surface area (Å²) in [6, 6.07) is 4.05. The van der Waals surface area contributed by atoms with E-state index in [2.05, 4.69) is 19.1 Å². The molecule has 0 aromatic carbocycles. The quantitative estimate of drug-likeness (QED) is 0.875. The van der Waals surface area contributed by atoms with Crippen LogP contribution in [-0.4, -0.2) is 23.9 Å². The minimum Gasteiger partial charge on any atom is -0.340 e. The van der Waals surface area contributed by atoms with Gasteiger partial charge in [-0.1, -0.05) is 6.92 Å². The average Bonchev–Trinajstić information content (AvgIpc) is 2.61. The maximum Gasteiger partial charge on any atom is 0.227 e. The first kappa shape index (κ1) is 13.2. The second kappa shape index (κ2) is 5.46. The number of rotatable bonds is 4. The summed E-state index contributed by atoms with van der Waals surface area (Å²) in [5.41, 5.74) is 5.73. The summed E-state index contributed by atoms with van der Waals surface area (Å²) < 4.78 is 0. The van der Waals surface area contributed by atoms with E-state index < -0.39 is 0 Å². The van der Waals surface area contributed by atoms with Crippen LogP contribution in [0.25, 0.3) is 0 Å². The van der Waals surface area contributed by atoms with E-state index in [4.69, 9.17) is 5.73 Å². The normalized spacial score (nSPS) is 14.6. The van der Waals surface area contributed by atoms with Crippen molar-refractivity contribution in [1.82, 2.24) is 4.90 Å². The Morgan fingerprint density at radius 3 is 2.56 bits per heavy atom. The third-order valence-corrected chi connectivity index (χ3v) is 3.73. The molecule has 0 aliphatic heterocycles. The lowest BCUT2D eigenvalue weighted by Crippen LogP contribution is -2.39. The molecule has 1 aromatic heterocycles. The number of nitrogens with zero attached hydrogens (tertiary/aromatic N) is 1. The molecular formula is C12H20N2OS. The standard InChI is InChI=1S/C12H20N2OS/c1-8-5-6-11(16-8)7-14(4)12(15)9(2)10(3)13/h5-6,9-10H,7,13H2,1-4H3. The topological polar surface area (TPSA) is 46.3 Å². The highest BCUT2D eigenvalue weighted by molar-refractivity contribution is 7.11. The van der Waals surface area contributed by atoms with Crippen molar-refractivity contribution in [2.24, 2.45) is 11.7 Å². The predicted octanol–water partition coefficient (Wildman–Crippen LogP) is 2.00. The highest BCUT2D eigenvalue weighted by Gasteiger charge is 2.20. The summed E-state index contributed by atoms with van der Waals surface area (Å²) >= 11 is 1.73. The van der Waals surface area contributed by atoms with Crippen molar-refractivity contribution in [2.75, 3.05) is 7.05 Å². The number of carbonyl (C=O) groups is 1. The van der Waals surface area contributed by atoms with E-state index in [-0.39, 0.29) is 17.9 Å². The molecule has 1 aromatic rings. The number of nitrogens with two attached hydrogens (primary N) is 1. The van der Waals surface area contributed by atoms with Crippen LogP contribution in [0, 0.1) is 12.8 Å². The Balaban J connectivity index is 2.58. The largest absolute Gasteiger partial charge is 0.340 e. The molecule has 16 heavy (non-hydrogen) atoms. The molecule has 0 radical (unpaired) electrons. The van der Waals surface area contributed by atoms with Gasteiger partial charge in [-0.05, 0) is 26.0 Å². The molecule has 4 heteroatoms. The minimum absolute atomic E-state index is 0.0972. The van der Waals surface area contributed by atoms with E-state index in [1.165, 1.54) is 9.75 Å². The Morgan fingerprint density at radius 2 is 2.12 bits per heavy atom. The summed E-state index contributed by atoms with van der Waals surface area (Å²) in [7, 11) is 1.83. The van der Waals surface area contributed by atoms with Crippen LogP contribution >= 0.6 is 11.3 Å². The fourth-order valence-electron chi connectivity index (χ4n) is 1.45. The first-order valence-electron chi connectivity index (χ1n) is 5.47. The van der Waals surface area contributed by atoms with Gasteiger partial charge in [0.15, 0.2) is 0 Å². The monoisotopic (exact) mass is 240 g/mol. The molecular weight excluding hydrogens is 220 g/mol. The molecule has 0 aliphatic rings. The number of aryl methyl sites for hydroxylation is 1. The summed E-state index contributed by atoms with van der Waals surface area (Å²) in [4.78, 5) is 16.2. The number of thiophene rings is 1. The Bertz CT molecular complexity index is 360. The lowest BCUT2D eigenvalue weighted by atomic mass is 10.0. The second-order valence-corrected chi connectivity index (χ2v) is 5.73. The van der Waals surface area contributed by atoms with Crippen molar-refractivity contribution in [3.8, 4) is 0 Å². The molecule has 2 N–H and O–H groups in total. The molecule has 3 nitrogen and oxygen atoms in total. The Kier molecular flexibility index (Phi) is 4.50. The van der Waals surface area contributed by atoms with Crippen LogP contribution < -0.4 is 5.73 Å². The first-order chi connectivity index (χ1) is 7.41. The van der Waals surface area contributed by atoms with E-state index in [0.717, 1.165) is 0 Å². The molecule has 1 heterocycles. The van der Waals surface area contributed by atoms with Crippen LogP contribution in [0.4, 0.5) is 0 Å². The lowest BCUT2D eigenvalue weighted by molar-refractivity contribution is -0.134. The lowest BCUT2D eigenvalue weighted by Gasteiger charge is -2.22. The van der Waals surface area contributed by atoms with E-state index in [9.17, 15) is 4.79 Å². The highest BCUT2D eigenvalue weighted by Crippen LogP contribution is 2.17. The SMILES string of the molecule is Cc1ccc(CN(C)C(=O)C(C)C(C)N)s1. The summed E-state index contributed by atoms with van der Waals surface area (Å²) in [6.45, 7) is 6.49.